The van der Waals surface area contributed by atoms with Gasteiger partial charge < -0.3 is 9.73 Å². The molecule has 1 fully saturated rings. The molecule has 2 heterocycles. The second-order valence-electron chi connectivity index (χ2n) is 7.52. The molecular weight excluding hydrogens is 388 g/mol. The fraction of sp³-hybridized carbons (Fsp3) is 0.304. The summed E-state index contributed by atoms with van der Waals surface area (Å²) in [6.45, 7) is 2.66. The van der Waals surface area contributed by atoms with Crippen molar-refractivity contribution in [1.82, 2.24) is 15.2 Å². The molecule has 3 aromatic rings. The van der Waals surface area contributed by atoms with E-state index in [0.29, 0.717) is 12.3 Å². The molecule has 5 nitrogen and oxygen atoms in total. The van der Waals surface area contributed by atoms with Gasteiger partial charge in [-0.05, 0) is 24.1 Å². The maximum atomic E-state index is 13.9. The second kappa shape index (κ2) is 9.17. The van der Waals surface area contributed by atoms with Crippen molar-refractivity contribution in [2.24, 2.45) is 0 Å². The van der Waals surface area contributed by atoms with E-state index < -0.39 is 11.6 Å². The van der Waals surface area contributed by atoms with Gasteiger partial charge in [-0.25, -0.2) is 13.8 Å². The summed E-state index contributed by atoms with van der Waals surface area (Å²) in [5.74, 6) is -0.857. The molecule has 4 rings (SSSR count). The molecule has 1 unspecified atom stereocenters. The molecule has 0 radical (unpaired) electrons. The van der Waals surface area contributed by atoms with Crippen LogP contribution in [-0.4, -0.2) is 34.9 Å². The van der Waals surface area contributed by atoms with Crippen LogP contribution in [-0.2, 0) is 17.8 Å². The fourth-order valence-electron chi connectivity index (χ4n) is 3.70. The van der Waals surface area contributed by atoms with Crippen LogP contribution < -0.4 is 5.32 Å². The lowest BCUT2D eigenvalue weighted by molar-refractivity contribution is -0.121. The number of carbonyl (C=O) groups is 1. The van der Waals surface area contributed by atoms with Gasteiger partial charge in [0.05, 0.1) is 11.8 Å². The van der Waals surface area contributed by atoms with Crippen molar-refractivity contribution >= 4 is 5.91 Å². The molecule has 1 amide bonds. The molecule has 1 N–H and O–H groups in total. The molecule has 0 saturated carbocycles. The first-order valence-electron chi connectivity index (χ1n) is 10.0. The number of rotatable bonds is 7. The summed E-state index contributed by atoms with van der Waals surface area (Å²) in [6.07, 6.45) is 2.86. The Labute approximate surface area is 173 Å². The van der Waals surface area contributed by atoms with Gasteiger partial charge in [0.1, 0.15) is 11.6 Å². The van der Waals surface area contributed by atoms with E-state index in [2.05, 4.69) is 27.3 Å². The predicted octanol–water partition coefficient (Wildman–Crippen LogP) is 3.94. The smallest absolute Gasteiger partial charge is 0.220 e. The van der Waals surface area contributed by atoms with Crippen LogP contribution in [0.4, 0.5) is 8.78 Å². The highest BCUT2D eigenvalue weighted by molar-refractivity contribution is 5.76. The number of oxazole rings is 1. The highest BCUT2D eigenvalue weighted by Gasteiger charge is 2.24. The van der Waals surface area contributed by atoms with E-state index in [-0.39, 0.29) is 29.7 Å². The average molecular weight is 411 g/mol. The lowest BCUT2D eigenvalue weighted by Gasteiger charge is -2.16. The summed E-state index contributed by atoms with van der Waals surface area (Å²) in [5.41, 5.74) is 1.41. The molecular formula is C23H23F2N3O2. The van der Waals surface area contributed by atoms with Crippen LogP contribution >= 0.6 is 0 Å². The fourth-order valence-corrected chi connectivity index (χ4v) is 3.70. The number of aryl methyl sites for hydroxylation is 1. The number of benzene rings is 2. The number of hydrogen-bond donors (Lipinski definition) is 1. The first-order valence-corrected chi connectivity index (χ1v) is 10.0. The Kier molecular flexibility index (Phi) is 6.18. The maximum absolute atomic E-state index is 13.9. The van der Waals surface area contributed by atoms with Gasteiger partial charge in [0.2, 0.25) is 5.91 Å². The second-order valence-corrected chi connectivity index (χ2v) is 7.52. The highest BCUT2D eigenvalue weighted by Crippen LogP contribution is 2.24. The Morgan fingerprint density at radius 2 is 2.03 bits per heavy atom. The van der Waals surface area contributed by atoms with Crippen molar-refractivity contribution in [3.8, 4) is 11.3 Å². The Hall–Kier alpha value is -3.06. The predicted molar refractivity (Wildman–Crippen MR) is 108 cm³/mol. The van der Waals surface area contributed by atoms with Crippen LogP contribution in [0, 0.1) is 11.6 Å². The first-order chi connectivity index (χ1) is 14.6. The van der Waals surface area contributed by atoms with E-state index in [1.165, 1.54) is 17.8 Å². The molecule has 0 spiro atoms. The van der Waals surface area contributed by atoms with Crippen LogP contribution in [0.25, 0.3) is 11.3 Å². The molecule has 1 aliphatic heterocycles. The Morgan fingerprint density at radius 1 is 1.20 bits per heavy atom. The Morgan fingerprint density at radius 3 is 2.83 bits per heavy atom. The summed E-state index contributed by atoms with van der Waals surface area (Å²) < 4.78 is 32.4. The number of likely N-dealkylation sites (tertiary alicyclic amines) is 1. The Balaban J connectivity index is 1.24. The van der Waals surface area contributed by atoms with Gasteiger partial charge >= 0.3 is 0 Å². The monoisotopic (exact) mass is 411 g/mol. The minimum atomic E-state index is -0.711. The molecule has 0 bridgehead atoms. The lowest BCUT2D eigenvalue weighted by atomic mass is 10.2. The number of amides is 1. The SMILES string of the molecule is O=C(CCc1ncc(-c2ccc(F)cc2F)o1)NC1CCN(Cc2ccccc2)C1. The zero-order chi connectivity index (χ0) is 20.9. The highest BCUT2D eigenvalue weighted by atomic mass is 19.1. The summed E-state index contributed by atoms with van der Waals surface area (Å²) in [7, 11) is 0. The van der Waals surface area contributed by atoms with Crippen molar-refractivity contribution in [2.75, 3.05) is 13.1 Å². The number of carbonyl (C=O) groups excluding carboxylic acids is 1. The first kappa shape index (κ1) is 20.2. The number of aromatic nitrogens is 1. The third-order valence-electron chi connectivity index (χ3n) is 5.20. The molecule has 7 heteroatoms. The average Bonchev–Trinajstić information content (AvgIpc) is 3.37. The number of nitrogens with one attached hydrogen (secondary N) is 1. The van der Waals surface area contributed by atoms with Gasteiger partial charge in [-0.2, -0.15) is 0 Å². The largest absolute Gasteiger partial charge is 0.441 e. The van der Waals surface area contributed by atoms with Crippen LogP contribution in [0.3, 0.4) is 0 Å². The number of hydrogen-bond acceptors (Lipinski definition) is 4. The van der Waals surface area contributed by atoms with Gasteiger partial charge in [-0.1, -0.05) is 30.3 Å². The van der Waals surface area contributed by atoms with Crippen molar-refractivity contribution < 1.29 is 18.0 Å². The zero-order valence-corrected chi connectivity index (χ0v) is 16.5. The summed E-state index contributed by atoms with van der Waals surface area (Å²) in [4.78, 5) is 18.7. The topological polar surface area (TPSA) is 58.4 Å². The van der Waals surface area contributed by atoms with Gasteiger partial charge in [0, 0.05) is 44.6 Å². The van der Waals surface area contributed by atoms with Crippen molar-refractivity contribution in [1.29, 1.82) is 0 Å². The van der Waals surface area contributed by atoms with Gasteiger partial charge in [0.25, 0.3) is 0 Å². The van der Waals surface area contributed by atoms with Crippen molar-refractivity contribution in [2.45, 2.75) is 31.8 Å². The lowest BCUT2D eigenvalue weighted by Crippen LogP contribution is -2.37. The molecule has 156 valence electrons. The molecule has 2 aromatic carbocycles. The van der Waals surface area contributed by atoms with E-state index in [9.17, 15) is 13.6 Å². The standard InChI is InChI=1S/C23H23F2N3O2/c24-17-6-7-19(20(25)12-17)21-13-26-23(30-21)9-8-22(29)27-18-10-11-28(15-18)14-16-4-2-1-3-5-16/h1-7,12-13,18H,8-11,14-15H2,(H,27,29). The third-order valence-corrected chi connectivity index (χ3v) is 5.20. The van der Waals surface area contributed by atoms with E-state index in [4.69, 9.17) is 4.42 Å². The van der Waals surface area contributed by atoms with E-state index in [1.54, 1.807) is 0 Å². The van der Waals surface area contributed by atoms with Crippen LogP contribution in [0.15, 0.2) is 59.1 Å². The number of halogens is 2. The number of nitrogens with zero attached hydrogens (tertiary/aromatic N) is 2. The van der Waals surface area contributed by atoms with Gasteiger partial charge in [0.15, 0.2) is 11.7 Å². The zero-order valence-electron chi connectivity index (χ0n) is 16.5. The van der Waals surface area contributed by atoms with E-state index in [0.717, 1.165) is 38.2 Å². The van der Waals surface area contributed by atoms with Crippen LogP contribution in [0.1, 0.15) is 24.3 Å². The normalized spacial score (nSPS) is 16.7. The van der Waals surface area contributed by atoms with Gasteiger partial charge in [-0.15, -0.1) is 0 Å². The summed E-state index contributed by atoms with van der Waals surface area (Å²) in [5, 5.41) is 3.07. The maximum Gasteiger partial charge on any atom is 0.220 e. The van der Waals surface area contributed by atoms with E-state index in [1.807, 2.05) is 18.2 Å². The minimum absolute atomic E-state index is 0.0609. The molecule has 30 heavy (non-hydrogen) atoms. The van der Waals surface area contributed by atoms with Crippen molar-refractivity contribution in [3.05, 3.63) is 77.8 Å². The third kappa shape index (κ3) is 5.10. The summed E-state index contributed by atoms with van der Waals surface area (Å²) in [6, 6.07) is 13.7. The van der Waals surface area contributed by atoms with Crippen LogP contribution in [0.5, 0.6) is 0 Å². The molecule has 0 aliphatic carbocycles. The molecule has 1 aliphatic rings. The van der Waals surface area contributed by atoms with Gasteiger partial charge in [-0.3, -0.25) is 9.69 Å². The van der Waals surface area contributed by atoms with Crippen molar-refractivity contribution in [3.63, 3.8) is 0 Å². The van der Waals surface area contributed by atoms with Crippen LogP contribution in [0.2, 0.25) is 0 Å². The quantitative estimate of drug-likeness (QED) is 0.640. The molecule has 1 saturated heterocycles. The Bertz CT molecular complexity index is 1010. The minimum Gasteiger partial charge on any atom is -0.441 e. The van der Waals surface area contributed by atoms with E-state index >= 15 is 0 Å². The molecule has 1 atom stereocenters. The molecule has 1 aromatic heterocycles. The summed E-state index contributed by atoms with van der Waals surface area (Å²) >= 11 is 0.